The summed E-state index contributed by atoms with van der Waals surface area (Å²) in [5, 5.41) is 0. The SMILES string of the molecule is COc1cc(CC2=[N+](C)CCc3cc(C)c(C)cc32)cc(OC)c1OC.[I-]. The van der Waals surface area contributed by atoms with Crippen LogP contribution in [0.1, 0.15) is 27.8 Å². The van der Waals surface area contributed by atoms with Gasteiger partial charge in [0.15, 0.2) is 17.2 Å². The van der Waals surface area contributed by atoms with Gasteiger partial charge in [-0.25, -0.2) is 4.58 Å². The van der Waals surface area contributed by atoms with E-state index in [0.29, 0.717) is 17.2 Å². The first kappa shape index (κ1) is 21.5. The van der Waals surface area contributed by atoms with E-state index < -0.39 is 0 Å². The highest BCUT2D eigenvalue weighted by Crippen LogP contribution is 2.38. The van der Waals surface area contributed by atoms with Gasteiger partial charge in [-0.1, -0.05) is 6.07 Å². The van der Waals surface area contributed by atoms with Crippen molar-refractivity contribution >= 4 is 5.71 Å². The molecule has 4 nitrogen and oxygen atoms in total. The lowest BCUT2D eigenvalue weighted by atomic mass is 9.89. The molecule has 0 aromatic heterocycles. The molecule has 0 saturated heterocycles. The van der Waals surface area contributed by atoms with Gasteiger partial charge in [0.2, 0.25) is 5.75 Å². The molecule has 0 amide bonds. The minimum absolute atomic E-state index is 0. The number of halogens is 1. The lowest BCUT2D eigenvalue weighted by Gasteiger charge is -2.19. The van der Waals surface area contributed by atoms with E-state index in [2.05, 4.69) is 37.6 Å². The number of nitrogens with zero attached hydrogens (tertiary/aromatic N) is 1. The van der Waals surface area contributed by atoms with Gasteiger partial charge in [0.05, 0.1) is 27.8 Å². The summed E-state index contributed by atoms with van der Waals surface area (Å²) in [7, 11) is 7.11. The van der Waals surface area contributed by atoms with E-state index in [1.54, 1.807) is 21.3 Å². The molecule has 1 heterocycles. The number of fused-ring (bicyclic) bond motifs is 1. The summed E-state index contributed by atoms with van der Waals surface area (Å²) in [6.07, 6.45) is 1.91. The van der Waals surface area contributed by atoms with Crippen LogP contribution in [0.3, 0.4) is 0 Å². The fraction of sp³-hybridized carbons (Fsp3) is 0.409. The number of benzene rings is 2. The first-order chi connectivity index (χ1) is 12.5. The average molecular weight is 481 g/mol. The Bertz CT molecular complexity index is 849. The van der Waals surface area contributed by atoms with Crippen LogP contribution in [0.4, 0.5) is 0 Å². The highest BCUT2D eigenvalue weighted by molar-refractivity contribution is 6.00. The molecule has 0 spiro atoms. The molecule has 2 aromatic carbocycles. The summed E-state index contributed by atoms with van der Waals surface area (Å²) in [4.78, 5) is 0. The zero-order chi connectivity index (χ0) is 18.8. The van der Waals surface area contributed by atoms with Gasteiger partial charge in [-0.15, -0.1) is 0 Å². The third-order valence-electron chi connectivity index (χ3n) is 5.30. The van der Waals surface area contributed by atoms with Gasteiger partial charge in [-0.3, -0.25) is 0 Å². The number of rotatable bonds is 5. The fourth-order valence-corrected chi connectivity index (χ4v) is 3.64. The molecule has 0 unspecified atom stereocenters. The highest BCUT2D eigenvalue weighted by atomic mass is 127. The Balaban J connectivity index is 0.00000261. The summed E-state index contributed by atoms with van der Waals surface area (Å²) in [6, 6.07) is 8.75. The molecule has 1 aliphatic rings. The highest BCUT2D eigenvalue weighted by Gasteiger charge is 2.25. The van der Waals surface area contributed by atoms with Gasteiger partial charge < -0.3 is 38.2 Å². The number of hydrogen-bond donors (Lipinski definition) is 0. The maximum absolute atomic E-state index is 5.51. The summed E-state index contributed by atoms with van der Waals surface area (Å²) < 4.78 is 18.8. The molecule has 0 aliphatic carbocycles. The van der Waals surface area contributed by atoms with Gasteiger partial charge in [0.1, 0.15) is 13.6 Å². The van der Waals surface area contributed by atoms with E-state index in [0.717, 1.165) is 24.9 Å². The van der Waals surface area contributed by atoms with Gasteiger partial charge in [-0.2, -0.15) is 0 Å². The second-order valence-corrected chi connectivity index (χ2v) is 6.92. The summed E-state index contributed by atoms with van der Waals surface area (Å²) in [5.74, 6) is 2.02. The minimum atomic E-state index is 0. The summed E-state index contributed by atoms with van der Waals surface area (Å²) in [5.41, 5.74) is 7.97. The Labute approximate surface area is 179 Å². The molecule has 0 atom stereocenters. The smallest absolute Gasteiger partial charge is 0.203 e. The molecule has 0 fully saturated rings. The van der Waals surface area contributed by atoms with Crippen molar-refractivity contribution in [2.45, 2.75) is 26.7 Å². The molecule has 0 N–H and O–H groups in total. The first-order valence-electron chi connectivity index (χ1n) is 8.94. The fourth-order valence-electron chi connectivity index (χ4n) is 3.64. The maximum atomic E-state index is 5.51. The average Bonchev–Trinajstić information content (AvgIpc) is 2.64. The van der Waals surface area contributed by atoms with Crippen molar-refractivity contribution in [2.75, 3.05) is 34.9 Å². The second kappa shape index (κ2) is 8.95. The monoisotopic (exact) mass is 481 g/mol. The molecule has 5 heteroatoms. The van der Waals surface area contributed by atoms with Crippen molar-refractivity contribution in [1.82, 2.24) is 0 Å². The van der Waals surface area contributed by atoms with Crippen LogP contribution in [0.2, 0.25) is 0 Å². The van der Waals surface area contributed by atoms with Crippen LogP contribution >= 0.6 is 0 Å². The van der Waals surface area contributed by atoms with E-state index in [9.17, 15) is 0 Å². The molecule has 0 bridgehead atoms. The number of methoxy groups -OCH3 is 3. The van der Waals surface area contributed by atoms with E-state index in [1.807, 2.05) is 12.1 Å². The Kier molecular flexibility index (Phi) is 7.14. The van der Waals surface area contributed by atoms with Crippen molar-refractivity contribution in [3.63, 3.8) is 0 Å². The molecular formula is C22H28INO3. The van der Waals surface area contributed by atoms with E-state index in [1.165, 1.54) is 28.0 Å². The normalized spacial score (nSPS) is 13.0. The van der Waals surface area contributed by atoms with Crippen LogP contribution in [0, 0.1) is 13.8 Å². The quantitative estimate of drug-likeness (QED) is 0.462. The van der Waals surface area contributed by atoms with E-state index in [4.69, 9.17) is 14.2 Å². The van der Waals surface area contributed by atoms with Gasteiger partial charge in [0.25, 0.3) is 0 Å². The molecule has 0 radical (unpaired) electrons. The lowest BCUT2D eigenvalue weighted by molar-refractivity contribution is -0.498. The largest absolute Gasteiger partial charge is 1.00 e. The van der Waals surface area contributed by atoms with Gasteiger partial charge in [0, 0.05) is 12.0 Å². The van der Waals surface area contributed by atoms with Crippen molar-refractivity contribution in [1.29, 1.82) is 0 Å². The molecule has 1 aliphatic heterocycles. The third-order valence-corrected chi connectivity index (χ3v) is 5.30. The lowest BCUT2D eigenvalue weighted by Crippen LogP contribution is -3.00. The van der Waals surface area contributed by atoms with Crippen LogP contribution in [-0.2, 0) is 12.8 Å². The summed E-state index contributed by atoms with van der Waals surface area (Å²) in [6.45, 7) is 5.41. The van der Waals surface area contributed by atoms with E-state index in [-0.39, 0.29) is 24.0 Å². The molecule has 2 aromatic rings. The van der Waals surface area contributed by atoms with Crippen molar-refractivity contribution in [2.24, 2.45) is 0 Å². The predicted octanol–water partition coefficient (Wildman–Crippen LogP) is 0.563. The van der Waals surface area contributed by atoms with Crippen LogP contribution in [0.5, 0.6) is 17.2 Å². The van der Waals surface area contributed by atoms with Crippen molar-refractivity contribution in [3.8, 4) is 17.2 Å². The molecule has 146 valence electrons. The third kappa shape index (κ3) is 4.23. The second-order valence-electron chi connectivity index (χ2n) is 6.92. The minimum Gasteiger partial charge on any atom is -1.00 e. The van der Waals surface area contributed by atoms with Crippen molar-refractivity contribution < 1.29 is 42.8 Å². The van der Waals surface area contributed by atoms with E-state index >= 15 is 0 Å². The van der Waals surface area contributed by atoms with Crippen LogP contribution < -0.4 is 38.2 Å². The predicted molar refractivity (Wildman–Crippen MR) is 105 cm³/mol. The molecule has 27 heavy (non-hydrogen) atoms. The Morgan fingerprint density at radius 2 is 1.48 bits per heavy atom. The number of hydrogen-bond acceptors (Lipinski definition) is 3. The van der Waals surface area contributed by atoms with Crippen LogP contribution in [0.25, 0.3) is 0 Å². The summed E-state index contributed by atoms with van der Waals surface area (Å²) >= 11 is 0. The Morgan fingerprint density at radius 3 is 2.04 bits per heavy atom. The Hall–Kier alpha value is -1.76. The van der Waals surface area contributed by atoms with Crippen molar-refractivity contribution in [3.05, 3.63) is 52.1 Å². The molecule has 3 rings (SSSR count). The first-order valence-corrected chi connectivity index (χ1v) is 8.94. The number of aryl methyl sites for hydroxylation is 2. The maximum Gasteiger partial charge on any atom is 0.203 e. The van der Waals surface area contributed by atoms with Gasteiger partial charge >= 0.3 is 0 Å². The number of likely N-dealkylation sites (N-methyl/N-ethyl adjacent to an activating group) is 1. The molecular weight excluding hydrogens is 453 g/mol. The topological polar surface area (TPSA) is 30.7 Å². The van der Waals surface area contributed by atoms with Crippen LogP contribution in [-0.4, -0.2) is 45.2 Å². The zero-order valence-corrected chi connectivity index (χ0v) is 19.1. The molecule has 0 saturated carbocycles. The van der Waals surface area contributed by atoms with Crippen LogP contribution in [0.15, 0.2) is 24.3 Å². The standard InChI is InChI=1S/C22H28NO3.HI/c1-14-9-17-7-8-23(3)19(18(17)10-15(14)2)11-16-12-20(24-4)22(26-6)21(13-16)25-5;/h9-10,12-13H,7-8,11H2,1-6H3;1H/q+1;/p-1. The Morgan fingerprint density at radius 1 is 0.889 bits per heavy atom. The van der Waals surface area contributed by atoms with Gasteiger partial charge in [-0.05, 0) is 54.3 Å². The number of ether oxygens (including phenoxy) is 3. The zero-order valence-electron chi connectivity index (χ0n) is 17.0.